The maximum atomic E-state index is 12.0. The Hall–Kier alpha value is -1.47. The standard InChI is InChI=1S/C10H14N4O2S/c1-6(2)16-4-3-14-9(15)7-8(12-5-11-7)13-10(14)17/h5-6H,3-4H2,1-2H3,(H,11,12)(H,13,17). The van der Waals surface area contributed by atoms with Crippen molar-refractivity contribution >= 4 is 23.4 Å². The Bertz CT molecular complexity index is 625. The average Bonchev–Trinajstić information content (AvgIpc) is 2.70. The number of aromatic amines is 2. The minimum atomic E-state index is -0.173. The van der Waals surface area contributed by atoms with Gasteiger partial charge in [-0.1, -0.05) is 0 Å². The van der Waals surface area contributed by atoms with Gasteiger partial charge in [-0.2, -0.15) is 0 Å². The predicted octanol–water partition coefficient (Wildman–Crippen LogP) is 1.21. The first kappa shape index (κ1) is 12.0. The molecule has 2 N–H and O–H groups in total. The van der Waals surface area contributed by atoms with Gasteiger partial charge in [0.2, 0.25) is 0 Å². The Morgan fingerprint density at radius 2 is 2.35 bits per heavy atom. The van der Waals surface area contributed by atoms with E-state index in [9.17, 15) is 4.79 Å². The topological polar surface area (TPSA) is 75.7 Å². The molecule has 0 saturated carbocycles. The highest BCUT2D eigenvalue weighted by atomic mass is 32.1. The Labute approximate surface area is 103 Å². The minimum absolute atomic E-state index is 0.138. The Kier molecular flexibility index (Phi) is 3.39. The molecule has 92 valence electrons. The molecule has 0 radical (unpaired) electrons. The van der Waals surface area contributed by atoms with Gasteiger partial charge in [-0.3, -0.25) is 9.36 Å². The molecule has 0 amide bonds. The summed E-state index contributed by atoms with van der Waals surface area (Å²) in [5.41, 5.74) is 0.748. The van der Waals surface area contributed by atoms with Gasteiger partial charge in [0, 0.05) is 0 Å². The molecule has 0 aromatic carbocycles. The molecular weight excluding hydrogens is 240 g/mol. The van der Waals surface area contributed by atoms with Crippen molar-refractivity contribution in [3.63, 3.8) is 0 Å². The van der Waals surface area contributed by atoms with Crippen LogP contribution in [0.5, 0.6) is 0 Å². The van der Waals surface area contributed by atoms with E-state index >= 15 is 0 Å². The summed E-state index contributed by atoms with van der Waals surface area (Å²) in [5, 5.41) is 0. The third-order valence-electron chi connectivity index (χ3n) is 2.33. The number of rotatable bonds is 4. The molecule has 0 unspecified atom stereocenters. The summed E-state index contributed by atoms with van der Waals surface area (Å²) in [6, 6.07) is 0. The maximum Gasteiger partial charge on any atom is 0.280 e. The lowest BCUT2D eigenvalue weighted by atomic mass is 10.5. The van der Waals surface area contributed by atoms with E-state index in [0.29, 0.717) is 29.1 Å². The molecule has 0 aliphatic carbocycles. The van der Waals surface area contributed by atoms with Gasteiger partial charge in [0.15, 0.2) is 10.4 Å². The fraction of sp³-hybridized carbons (Fsp3) is 0.500. The van der Waals surface area contributed by atoms with Crippen molar-refractivity contribution < 1.29 is 4.74 Å². The lowest BCUT2D eigenvalue weighted by Crippen LogP contribution is -2.25. The van der Waals surface area contributed by atoms with Crippen molar-refractivity contribution in [2.24, 2.45) is 0 Å². The van der Waals surface area contributed by atoms with Gasteiger partial charge >= 0.3 is 0 Å². The number of imidazole rings is 1. The number of H-pyrrole nitrogens is 2. The maximum absolute atomic E-state index is 12.0. The van der Waals surface area contributed by atoms with Gasteiger partial charge in [0.25, 0.3) is 5.56 Å². The van der Waals surface area contributed by atoms with Crippen LogP contribution in [0.4, 0.5) is 0 Å². The van der Waals surface area contributed by atoms with Crippen LogP contribution in [0.2, 0.25) is 0 Å². The van der Waals surface area contributed by atoms with Crippen LogP contribution < -0.4 is 5.56 Å². The third kappa shape index (κ3) is 2.45. The zero-order valence-corrected chi connectivity index (χ0v) is 10.5. The van der Waals surface area contributed by atoms with Crippen molar-refractivity contribution in [1.82, 2.24) is 19.5 Å². The first-order valence-electron chi connectivity index (χ1n) is 5.37. The number of aromatic nitrogens is 4. The number of hydrogen-bond donors (Lipinski definition) is 2. The zero-order chi connectivity index (χ0) is 12.4. The van der Waals surface area contributed by atoms with E-state index < -0.39 is 0 Å². The van der Waals surface area contributed by atoms with E-state index in [4.69, 9.17) is 17.0 Å². The molecule has 2 aromatic heterocycles. The molecule has 2 aromatic rings. The fourth-order valence-electron chi connectivity index (χ4n) is 1.53. The van der Waals surface area contributed by atoms with Gasteiger partial charge < -0.3 is 14.7 Å². The van der Waals surface area contributed by atoms with Crippen LogP contribution in [-0.2, 0) is 11.3 Å². The van der Waals surface area contributed by atoms with Crippen LogP contribution in [0.3, 0.4) is 0 Å². The van der Waals surface area contributed by atoms with Crippen LogP contribution in [0.15, 0.2) is 11.1 Å². The van der Waals surface area contributed by atoms with Gasteiger partial charge in [-0.25, -0.2) is 4.98 Å². The molecule has 2 heterocycles. The number of hydrogen-bond acceptors (Lipinski definition) is 4. The Morgan fingerprint density at radius 3 is 3.06 bits per heavy atom. The second-order valence-electron chi connectivity index (χ2n) is 3.93. The van der Waals surface area contributed by atoms with E-state index in [1.165, 1.54) is 10.9 Å². The molecule has 0 spiro atoms. The van der Waals surface area contributed by atoms with Gasteiger partial charge in [0.1, 0.15) is 5.52 Å². The van der Waals surface area contributed by atoms with Gasteiger partial charge in [-0.15, -0.1) is 0 Å². The quantitative estimate of drug-likeness (QED) is 0.804. The van der Waals surface area contributed by atoms with E-state index in [1.54, 1.807) is 0 Å². The van der Waals surface area contributed by atoms with Gasteiger partial charge in [-0.05, 0) is 26.1 Å². The molecule has 0 aliphatic heterocycles. The highest BCUT2D eigenvalue weighted by Gasteiger charge is 2.07. The lowest BCUT2D eigenvalue weighted by molar-refractivity contribution is 0.0719. The van der Waals surface area contributed by atoms with Crippen molar-refractivity contribution in [3.8, 4) is 0 Å². The largest absolute Gasteiger partial charge is 0.377 e. The van der Waals surface area contributed by atoms with E-state index in [2.05, 4.69) is 15.0 Å². The summed E-state index contributed by atoms with van der Waals surface area (Å²) >= 11 is 5.11. The van der Waals surface area contributed by atoms with Crippen LogP contribution >= 0.6 is 12.2 Å². The van der Waals surface area contributed by atoms with Gasteiger partial charge in [0.05, 0.1) is 25.6 Å². The molecule has 2 rings (SSSR count). The Morgan fingerprint density at radius 1 is 1.59 bits per heavy atom. The van der Waals surface area contributed by atoms with Crippen LogP contribution in [0, 0.1) is 4.77 Å². The van der Waals surface area contributed by atoms with E-state index in [1.807, 2.05) is 13.8 Å². The second kappa shape index (κ2) is 4.80. The summed E-state index contributed by atoms with van der Waals surface area (Å²) in [4.78, 5) is 21.7. The first-order chi connectivity index (χ1) is 8.09. The second-order valence-corrected chi connectivity index (χ2v) is 4.32. The smallest absolute Gasteiger partial charge is 0.280 e. The van der Waals surface area contributed by atoms with Crippen molar-refractivity contribution in [3.05, 3.63) is 21.5 Å². The van der Waals surface area contributed by atoms with Crippen molar-refractivity contribution in [2.45, 2.75) is 26.5 Å². The molecule has 17 heavy (non-hydrogen) atoms. The normalized spacial score (nSPS) is 11.5. The van der Waals surface area contributed by atoms with E-state index in [0.717, 1.165) is 0 Å². The van der Waals surface area contributed by atoms with E-state index in [-0.39, 0.29) is 11.7 Å². The number of nitrogens with zero attached hydrogens (tertiary/aromatic N) is 2. The number of nitrogens with one attached hydrogen (secondary N) is 2. The van der Waals surface area contributed by atoms with Crippen molar-refractivity contribution in [1.29, 1.82) is 0 Å². The van der Waals surface area contributed by atoms with Crippen LogP contribution in [0.1, 0.15) is 13.8 Å². The molecule has 7 heteroatoms. The summed E-state index contributed by atoms with van der Waals surface area (Å²) in [5.74, 6) is 0. The SMILES string of the molecule is CC(C)OCCn1c(=S)[nH]c2nc[nH]c2c1=O. The molecule has 6 nitrogen and oxygen atoms in total. The third-order valence-corrected chi connectivity index (χ3v) is 2.66. The summed E-state index contributed by atoms with van der Waals surface area (Å²) in [6.45, 7) is 4.78. The molecule has 0 bridgehead atoms. The average molecular weight is 254 g/mol. The zero-order valence-electron chi connectivity index (χ0n) is 9.69. The molecule has 0 atom stereocenters. The van der Waals surface area contributed by atoms with Crippen molar-refractivity contribution in [2.75, 3.05) is 6.61 Å². The van der Waals surface area contributed by atoms with Crippen LogP contribution in [0.25, 0.3) is 11.2 Å². The minimum Gasteiger partial charge on any atom is -0.377 e. The summed E-state index contributed by atoms with van der Waals surface area (Å²) in [7, 11) is 0. The summed E-state index contributed by atoms with van der Waals surface area (Å²) < 4.78 is 7.24. The number of fused-ring (bicyclic) bond motifs is 1. The summed E-state index contributed by atoms with van der Waals surface area (Å²) in [6.07, 6.45) is 1.60. The molecule has 0 fully saturated rings. The molecule has 0 saturated heterocycles. The lowest BCUT2D eigenvalue weighted by Gasteiger charge is -2.09. The first-order valence-corrected chi connectivity index (χ1v) is 5.78. The predicted molar refractivity (Wildman–Crippen MR) is 66.6 cm³/mol. The molecule has 0 aliphatic rings. The number of ether oxygens (including phenoxy) is 1. The highest BCUT2D eigenvalue weighted by Crippen LogP contribution is 2.00. The highest BCUT2D eigenvalue weighted by molar-refractivity contribution is 7.71. The van der Waals surface area contributed by atoms with Crippen LogP contribution in [-0.4, -0.2) is 32.2 Å². The molecular formula is C10H14N4O2S. The monoisotopic (exact) mass is 254 g/mol. The fourth-order valence-corrected chi connectivity index (χ4v) is 1.80. The Balaban J connectivity index is 2.33.